The van der Waals surface area contributed by atoms with E-state index < -0.39 is 0 Å². The molecule has 5 nitrogen and oxygen atoms in total. The maximum atomic E-state index is 11.9. The monoisotopic (exact) mass is 340 g/mol. The Hall–Kier alpha value is -1.75. The van der Waals surface area contributed by atoms with Gasteiger partial charge in [0.2, 0.25) is 0 Å². The number of amides is 1. The molecule has 0 unspecified atom stereocenters. The molecule has 1 amide bonds. The highest BCUT2D eigenvalue weighted by Gasteiger charge is 2.21. The van der Waals surface area contributed by atoms with E-state index in [9.17, 15) is 4.79 Å². The first kappa shape index (κ1) is 15.6. The normalized spacial score (nSPS) is 10.1. The van der Waals surface area contributed by atoms with Crippen LogP contribution in [0.2, 0.25) is 4.34 Å². The lowest BCUT2D eigenvalue weighted by atomic mass is 10.2. The van der Waals surface area contributed by atoms with Crippen LogP contribution in [-0.4, -0.2) is 19.5 Å². The van der Waals surface area contributed by atoms with Crippen molar-refractivity contribution in [1.82, 2.24) is 5.32 Å². The van der Waals surface area contributed by atoms with Crippen LogP contribution in [0.1, 0.15) is 20.1 Å². The van der Waals surface area contributed by atoms with Crippen LogP contribution in [0.15, 0.2) is 12.1 Å². The lowest BCUT2D eigenvalue weighted by molar-refractivity contribution is 0.0965. The van der Waals surface area contributed by atoms with E-state index in [1.807, 2.05) is 18.2 Å². The van der Waals surface area contributed by atoms with Crippen molar-refractivity contribution in [2.75, 3.05) is 24.6 Å². The van der Waals surface area contributed by atoms with Gasteiger partial charge >= 0.3 is 0 Å². The number of nitrogens with zero attached hydrogens (tertiary/aromatic N) is 1. The number of nitriles is 1. The number of nitrogens with two attached hydrogens (primary N) is 1. The second kappa shape index (κ2) is 6.80. The molecule has 4 N–H and O–H groups in total. The number of carbonyl (C=O) groups is 1. The van der Waals surface area contributed by atoms with E-state index in [2.05, 4.69) is 10.6 Å². The average molecular weight is 341 g/mol. The van der Waals surface area contributed by atoms with Crippen LogP contribution in [0, 0.1) is 11.3 Å². The molecular formula is C13H13ClN4OS2. The molecule has 8 heteroatoms. The van der Waals surface area contributed by atoms with Crippen LogP contribution in [0.25, 0.3) is 0 Å². The molecular weight excluding hydrogens is 328 g/mol. The van der Waals surface area contributed by atoms with Crippen molar-refractivity contribution in [3.8, 4) is 6.07 Å². The summed E-state index contributed by atoms with van der Waals surface area (Å²) in [5.74, 6) is -0.299. The van der Waals surface area contributed by atoms with Crippen LogP contribution < -0.4 is 16.4 Å². The number of hydrogen-bond donors (Lipinski definition) is 3. The van der Waals surface area contributed by atoms with E-state index in [1.54, 1.807) is 0 Å². The minimum absolute atomic E-state index is 0.225. The summed E-state index contributed by atoms with van der Waals surface area (Å²) in [6.07, 6.45) is 0.782. The molecule has 21 heavy (non-hydrogen) atoms. The van der Waals surface area contributed by atoms with Gasteiger partial charge in [-0.3, -0.25) is 4.79 Å². The largest absolute Gasteiger partial charge is 0.396 e. The fourth-order valence-electron chi connectivity index (χ4n) is 1.79. The summed E-state index contributed by atoms with van der Waals surface area (Å²) in [7, 11) is 1.53. The highest BCUT2D eigenvalue weighted by Crippen LogP contribution is 2.35. The number of nitrogen functional groups attached to an aromatic ring is 1. The van der Waals surface area contributed by atoms with Crippen molar-refractivity contribution >= 4 is 50.9 Å². The summed E-state index contributed by atoms with van der Waals surface area (Å²) < 4.78 is 0.753. The first-order valence-corrected chi connectivity index (χ1v) is 8.10. The zero-order valence-electron chi connectivity index (χ0n) is 11.2. The molecule has 0 aromatic carbocycles. The topological polar surface area (TPSA) is 90.9 Å². The predicted octanol–water partition coefficient (Wildman–Crippen LogP) is 2.93. The van der Waals surface area contributed by atoms with E-state index in [0.717, 1.165) is 15.6 Å². The Morgan fingerprint density at radius 2 is 2.24 bits per heavy atom. The molecule has 0 atom stereocenters. The van der Waals surface area contributed by atoms with Gasteiger partial charge in [-0.25, -0.2) is 0 Å². The summed E-state index contributed by atoms with van der Waals surface area (Å²) in [5, 5.41) is 15.3. The van der Waals surface area contributed by atoms with Gasteiger partial charge in [0.25, 0.3) is 5.91 Å². The summed E-state index contributed by atoms with van der Waals surface area (Å²) in [4.78, 5) is 13.4. The van der Waals surface area contributed by atoms with Crippen molar-refractivity contribution in [2.24, 2.45) is 0 Å². The quantitative estimate of drug-likeness (QED) is 0.780. The highest BCUT2D eigenvalue weighted by molar-refractivity contribution is 7.17. The number of anilines is 2. The van der Waals surface area contributed by atoms with Gasteiger partial charge in [0, 0.05) is 18.5 Å². The SMILES string of the molecule is CNC(=O)c1c(NCCc2ccc(Cl)s2)sc(C#N)c1N. The average Bonchev–Trinajstić information content (AvgIpc) is 3.02. The zero-order chi connectivity index (χ0) is 15.4. The number of hydrogen-bond acceptors (Lipinski definition) is 6. The van der Waals surface area contributed by atoms with Crippen molar-refractivity contribution in [3.63, 3.8) is 0 Å². The molecule has 0 aliphatic heterocycles. The van der Waals surface area contributed by atoms with E-state index in [-0.39, 0.29) is 11.6 Å². The molecule has 0 fully saturated rings. The third-order valence-corrected chi connectivity index (χ3v) is 5.15. The molecule has 2 aromatic rings. The molecule has 0 bridgehead atoms. The molecule has 2 rings (SSSR count). The molecule has 0 saturated heterocycles. The fraction of sp³-hybridized carbons (Fsp3) is 0.231. The smallest absolute Gasteiger partial charge is 0.256 e. The van der Waals surface area contributed by atoms with Gasteiger partial charge in [-0.15, -0.1) is 22.7 Å². The van der Waals surface area contributed by atoms with Gasteiger partial charge < -0.3 is 16.4 Å². The fourth-order valence-corrected chi connectivity index (χ4v) is 3.81. The van der Waals surface area contributed by atoms with Crippen molar-refractivity contribution in [2.45, 2.75) is 6.42 Å². The van der Waals surface area contributed by atoms with Crippen LogP contribution in [-0.2, 0) is 6.42 Å². The molecule has 0 saturated carbocycles. The summed E-state index contributed by atoms with van der Waals surface area (Å²) >= 11 is 8.59. The maximum absolute atomic E-state index is 11.9. The van der Waals surface area contributed by atoms with Gasteiger partial charge in [-0.05, 0) is 18.6 Å². The van der Waals surface area contributed by atoms with E-state index in [1.165, 1.54) is 29.7 Å². The number of rotatable bonds is 5. The Bertz CT molecular complexity index is 702. The molecule has 2 aromatic heterocycles. The first-order chi connectivity index (χ1) is 10.1. The molecule has 0 spiro atoms. The van der Waals surface area contributed by atoms with E-state index >= 15 is 0 Å². The van der Waals surface area contributed by atoms with Gasteiger partial charge in [0.1, 0.15) is 15.9 Å². The van der Waals surface area contributed by atoms with Crippen LogP contribution in [0.5, 0.6) is 0 Å². The third-order valence-electron chi connectivity index (χ3n) is 2.79. The number of nitrogens with one attached hydrogen (secondary N) is 2. The highest BCUT2D eigenvalue weighted by atomic mass is 35.5. The Balaban J connectivity index is 2.12. The van der Waals surface area contributed by atoms with Crippen molar-refractivity contribution in [1.29, 1.82) is 5.26 Å². The van der Waals surface area contributed by atoms with Crippen LogP contribution in [0.3, 0.4) is 0 Å². The predicted molar refractivity (Wildman–Crippen MR) is 88.4 cm³/mol. The summed E-state index contributed by atoms with van der Waals surface area (Å²) in [5.41, 5.74) is 6.41. The zero-order valence-corrected chi connectivity index (χ0v) is 13.6. The minimum Gasteiger partial charge on any atom is -0.396 e. The summed E-state index contributed by atoms with van der Waals surface area (Å²) in [6.45, 7) is 0.631. The number of halogens is 1. The van der Waals surface area contributed by atoms with Gasteiger partial charge in [0.15, 0.2) is 0 Å². The molecule has 0 radical (unpaired) electrons. The lowest BCUT2D eigenvalue weighted by Gasteiger charge is -2.06. The van der Waals surface area contributed by atoms with Gasteiger partial charge in [-0.1, -0.05) is 11.6 Å². The Morgan fingerprint density at radius 1 is 1.48 bits per heavy atom. The number of carbonyl (C=O) groups excluding carboxylic acids is 1. The minimum atomic E-state index is -0.299. The van der Waals surface area contributed by atoms with Crippen molar-refractivity contribution < 1.29 is 4.79 Å². The third kappa shape index (κ3) is 3.47. The van der Waals surface area contributed by atoms with Crippen molar-refractivity contribution in [3.05, 3.63) is 31.8 Å². The molecule has 0 aliphatic carbocycles. The molecule has 110 valence electrons. The lowest BCUT2D eigenvalue weighted by Crippen LogP contribution is -2.20. The first-order valence-electron chi connectivity index (χ1n) is 6.09. The maximum Gasteiger partial charge on any atom is 0.256 e. The van der Waals surface area contributed by atoms with Crippen LogP contribution in [0.4, 0.5) is 10.7 Å². The number of thiophene rings is 2. The van der Waals surface area contributed by atoms with Gasteiger partial charge in [-0.2, -0.15) is 5.26 Å². The standard InChI is InChI=1S/C13H13ClN4OS2/c1-17-12(19)10-11(16)8(6-15)21-13(10)18-5-4-7-2-3-9(14)20-7/h2-3,18H,4-5,16H2,1H3,(H,17,19). The second-order valence-corrected chi connectivity index (χ2v) is 6.94. The van der Waals surface area contributed by atoms with E-state index in [0.29, 0.717) is 22.0 Å². The summed E-state index contributed by atoms with van der Waals surface area (Å²) in [6, 6.07) is 5.83. The van der Waals surface area contributed by atoms with Gasteiger partial charge in [0.05, 0.1) is 15.6 Å². The second-order valence-electron chi connectivity index (χ2n) is 4.12. The van der Waals surface area contributed by atoms with E-state index in [4.69, 9.17) is 22.6 Å². The Labute approximate surface area is 135 Å². The Morgan fingerprint density at radius 3 is 2.81 bits per heavy atom. The molecule has 2 heterocycles. The molecule has 0 aliphatic rings. The Kier molecular flexibility index (Phi) is 5.07. The van der Waals surface area contributed by atoms with Crippen LogP contribution >= 0.6 is 34.3 Å².